The first kappa shape index (κ1) is 10.6. The van der Waals surface area contributed by atoms with Crippen molar-refractivity contribution in [2.75, 3.05) is 10.0 Å². The van der Waals surface area contributed by atoms with Crippen molar-refractivity contribution >= 4 is 30.4 Å². The van der Waals surface area contributed by atoms with Crippen molar-refractivity contribution in [3.05, 3.63) is 36.4 Å². The zero-order chi connectivity index (χ0) is 11.4. The highest BCUT2D eigenvalue weighted by molar-refractivity contribution is 7.81. The molecule has 1 aromatic heterocycles. The van der Waals surface area contributed by atoms with E-state index in [4.69, 9.17) is 0 Å². The summed E-state index contributed by atoms with van der Waals surface area (Å²) in [4.78, 5) is 10.8. The molecule has 2 rings (SSSR count). The van der Waals surface area contributed by atoms with E-state index in [9.17, 15) is 4.39 Å². The van der Waals surface area contributed by atoms with E-state index in [-0.39, 0.29) is 11.9 Å². The normalized spacial score (nSPS) is 9.88. The van der Waals surface area contributed by atoms with Crippen LogP contribution in [0.25, 0.3) is 0 Å². The Morgan fingerprint density at radius 1 is 1.00 bits per heavy atom. The summed E-state index contributed by atoms with van der Waals surface area (Å²) >= 11 is 3.73. The van der Waals surface area contributed by atoms with Crippen molar-refractivity contribution in [3.63, 3.8) is 0 Å². The van der Waals surface area contributed by atoms with E-state index in [1.54, 1.807) is 0 Å². The largest absolute Gasteiger partial charge is 0.324 e. The molecule has 0 atom stereocenters. The van der Waals surface area contributed by atoms with Crippen LogP contribution in [0.2, 0.25) is 0 Å². The summed E-state index contributed by atoms with van der Waals surface area (Å²) in [6.45, 7) is 0. The van der Waals surface area contributed by atoms with Crippen LogP contribution < -0.4 is 10.0 Å². The van der Waals surface area contributed by atoms with Gasteiger partial charge in [-0.3, -0.25) is 0 Å². The molecule has 0 aliphatic carbocycles. The predicted molar refractivity (Wildman–Crippen MR) is 62.1 cm³/mol. The van der Waals surface area contributed by atoms with E-state index < -0.39 is 6.08 Å². The fourth-order valence-electron chi connectivity index (χ4n) is 1.11. The number of benzene rings is 1. The second kappa shape index (κ2) is 4.75. The molecule has 1 heterocycles. The molecular formula is C9H8FN5S. The molecule has 0 spiro atoms. The van der Waals surface area contributed by atoms with Gasteiger partial charge >= 0.3 is 6.08 Å². The molecule has 1 aromatic carbocycles. The molecule has 0 aliphatic rings. The smallest absolute Gasteiger partial charge is 0.315 e. The summed E-state index contributed by atoms with van der Waals surface area (Å²) in [7, 11) is 0. The lowest BCUT2D eigenvalue weighted by molar-refractivity contribution is 0.537. The number of anilines is 3. The molecule has 16 heavy (non-hydrogen) atoms. The number of hydrogen-bond donors (Lipinski definition) is 3. The third kappa shape index (κ3) is 2.57. The molecular weight excluding hydrogens is 229 g/mol. The maximum absolute atomic E-state index is 12.9. The van der Waals surface area contributed by atoms with E-state index in [2.05, 4.69) is 37.8 Å². The first-order valence-electron chi connectivity index (χ1n) is 4.41. The van der Waals surface area contributed by atoms with Crippen LogP contribution in [0.15, 0.2) is 30.3 Å². The van der Waals surface area contributed by atoms with Gasteiger partial charge in [0.2, 0.25) is 11.9 Å². The first-order chi connectivity index (χ1) is 7.78. The highest BCUT2D eigenvalue weighted by Crippen LogP contribution is 2.13. The van der Waals surface area contributed by atoms with Gasteiger partial charge in [0, 0.05) is 5.69 Å². The van der Waals surface area contributed by atoms with Crippen LogP contribution in [0, 0.1) is 6.08 Å². The Morgan fingerprint density at radius 3 is 2.38 bits per heavy atom. The molecule has 82 valence electrons. The Bertz CT molecular complexity index is 479. The minimum atomic E-state index is -0.870. The first-order valence-corrected chi connectivity index (χ1v) is 4.86. The van der Waals surface area contributed by atoms with Crippen LogP contribution in [-0.2, 0) is 0 Å². The summed E-state index contributed by atoms with van der Waals surface area (Å²) in [6, 6.07) is 9.19. The van der Waals surface area contributed by atoms with Crippen molar-refractivity contribution in [1.29, 1.82) is 0 Å². The SMILES string of the molecule is Fc1nc(NS)nc(Nc2ccccc2)n1. The quantitative estimate of drug-likeness (QED) is 0.713. The van der Waals surface area contributed by atoms with E-state index >= 15 is 0 Å². The van der Waals surface area contributed by atoms with E-state index in [1.165, 1.54) is 0 Å². The Balaban J connectivity index is 2.24. The molecule has 0 radical (unpaired) electrons. The summed E-state index contributed by atoms with van der Waals surface area (Å²) in [5.74, 6) is 0.171. The number of rotatable bonds is 3. The molecule has 0 bridgehead atoms. The molecule has 0 amide bonds. The highest BCUT2D eigenvalue weighted by atomic mass is 32.1. The lowest BCUT2D eigenvalue weighted by Crippen LogP contribution is -2.03. The monoisotopic (exact) mass is 237 g/mol. The molecule has 2 aromatic rings. The zero-order valence-corrected chi connectivity index (χ0v) is 8.95. The van der Waals surface area contributed by atoms with Gasteiger partial charge in [0.05, 0.1) is 0 Å². The summed E-state index contributed by atoms with van der Waals surface area (Å²) in [5.41, 5.74) is 0.762. The van der Waals surface area contributed by atoms with Crippen LogP contribution in [0.4, 0.5) is 22.0 Å². The topological polar surface area (TPSA) is 62.7 Å². The van der Waals surface area contributed by atoms with Gasteiger partial charge in [-0.05, 0) is 12.1 Å². The number of nitrogens with one attached hydrogen (secondary N) is 2. The Hall–Kier alpha value is -1.89. The van der Waals surface area contributed by atoms with Gasteiger partial charge in [0.25, 0.3) is 0 Å². The Morgan fingerprint density at radius 2 is 1.69 bits per heavy atom. The standard InChI is InChI=1S/C9H8FN5S/c10-7-12-8(14-9(13-7)15-16)11-6-4-2-1-3-5-6/h1-5,16H,(H2,11,12,13,14,15). The van der Waals surface area contributed by atoms with Crippen LogP contribution in [0.3, 0.4) is 0 Å². The van der Waals surface area contributed by atoms with Crippen molar-refractivity contribution in [2.45, 2.75) is 0 Å². The second-order valence-corrected chi connectivity index (χ2v) is 3.08. The van der Waals surface area contributed by atoms with Crippen LogP contribution in [-0.4, -0.2) is 15.0 Å². The molecule has 0 unspecified atom stereocenters. The molecule has 0 aliphatic heterocycles. The number of nitrogens with zero attached hydrogens (tertiary/aromatic N) is 3. The summed E-state index contributed by atoms with van der Waals surface area (Å²) in [6.07, 6.45) is -0.870. The third-order valence-corrected chi connectivity index (χ3v) is 1.94. The minimum Gasteiger partial charge on any atom is -0.324 e. The Kier molecular flexibility index (Phi) is 3.16. The maximum atomic E-state index is 12.9. The number of thiol groups is 1. The summed E-state index contributed by atoms with van der Waals surface area (Å²) in [5, 5.41) is 2.84. The van der Waals surface area contributed by atoms with Gasteiger partial charge < -0.3 is 10.0 Å². The molecule has 2 N–H and O–H groups in total. The van der Waals surface area contributed by atoms with Crippen LogP contribution in [0.1, 0.15) is 0 Å². The maximum Gasteiger partial charge on any atom is 0.315 e. The van der Waals surface area contributed by atoms with Gasteiger partial charge in [-0.15, -0.1) is 0 Å². The van der Waals surface area contributed by atoms with E-state index in [0.29, 0.717) is 0 Å². The number of aromatic nitrogens is 3. The van der Waals surface area contributed by atoms with Gasteiger partial charge in [0.15, 0.2) is 0 Å². The van der Waals surface area contributed by atoms with Crippen molar-refractivity contribution in [3.8, 4) is 0 Å². The molecule has 7 heteroatoms. The average molecular weight is 237 g/mol. The summed E-state index contributed by atoms with van der Waals surface area (Å²) < 4.78 is 15.3. The van der Waals surface area contributed by atoms with Crippen molar-refractivity contribution in [1.82, 2.24) is 15.0 Å². The molecule has 0 saturated heterocycles. The van der Waals surface area contributed by atoms with E-state index in [0.717, 1.165) is 5.69 Å². The van der Waals surface area contributed by atoms with Crippen LogP contribution in [0.5, 0.6) is 0 Å². The van der Waals surface area contributed by atoms with Gasteiger partial charge in [-0.1, -0.05) is 31.0 Å². The lowest BCUT2D eigenvalue weighted by atomic mass is 10.3. The molecule has 0 saturated carbocycles. The number of hydrogen-bond acceptors (Lipinski definition) is 6. The third-order valence-electron chi connectivity index (χ3n) is 1.74. The lowest BCUT2D eigenvalue weighted by Gasteiger charge is -2.05. The van der Waals surface area contributed by atoms with Gasteiger partial charge in [-0.25, -0.2) is 0 Å². The second-order valence-electron chi connectivity index (χ2n) is 2.85. The fraction of sp³-hybridized carbons (Fsp3) is 0. The van der Waals surface area contributed by atoms with Gasteiger partial charge in [-0.2, -0.15) is 19.3 Å². The van der Waals surface area contributed by atoms with E-state index in [1.807, 2.05) is 30.3 Å². The fourth-order valence-corrected chi connectivity index (χ4v) is 1.21. The van der Waals surface area contributed by atoms with Crippen molar-refractivity contribution in [2.24, 2.45) is 0 Å². The van der Waals surface area contributed by atoms with Crippen molar-refractivity contribution < 1.29 is 4.39 Å². The highest BCUT2D eigenvalue weighted by Gasteiger charge is 2.04. The predicted octanol–water partition coefficient (Wildman–Crippen LogP) is 2.01. The zero-order valence-electron chi connectivity index (χ0n) is 8.05. The molecule has 0 fully saturated rings. The number of para-hydroxylation sites is 1. The van der Waals surface area contributed by atoms with Crippen LogP contribution >= 0.6 is 12.8 Å². The molecule has 5 nitrogen and oxygen atoms in total. The minimum absolute atomic E-state index is 0.0502. The Labute approximate surface area is 96.7 Å². The average Bonchev–Trinajstić information content (AvgIpc) is 2.29. The number of halogens is 1. The van der Waals surface area contributed by atoms with Gasteiger partial charge in [0.1, 0.15) is 0 Å².